The van der Waals surface area contributed by atoms with Crippen LogP contribution in [0.15, 0.2) is 0 Å². The van der Waals surface area contributed by atoms with Gasteiger partial charge < -0.3 is 5.11 Å². The first-order valence-corrected chi connectivity index (χ1v) is 3.95. The normalized spacial score (nSPS) is 46.8. The summed E-state index contributed by atoms with van der Waals surface area (Å²) in [7, 11) is 0. The topological polar surface area (TPSA) is 26.7 Å². The molecule has 3 aliphatic heterocycles. The van der Waals surface area contributed by atoms with Gasteiger partial charge >= 0.3 is 0 Å². The van der Waals surface area contributed by atoms with Gasteiger partial charge in [0, 0.05) is 19.0 Å². The zero-order valence-electron chi connectivity index (χ0n) is 6.32. The van der Waals surface area contributed by atoms with Crippen LogP contribution in [-0.4, -0.2) is 47.4 Å². The minimum Gasteiger partial charge on any atom is -0.378 e. The Hall–Kier alpha value is -0.120. The third-order valence-corrected chi connectivity index (χ3v) is 2.59. The van der Waals surface area contributed by atoms with Crippen molar-refractivity contribution in [1.29, 1.82) is 0 Å². The fourth-order valence-electron chi connectivity index (χ4n) is 1.83. The molecule has 3 rings (SSSR count). The molecule has 10 heavy (non-hydrogen) atoms. The molecule has 3 unspecified atom stereocenters. The molecule has 0 aromatic heterocycles. The number of rotatable bonds is 1. The first-order valence-electron chi connectivity index (χ1n) is 3.95. The second-order valence-electron chi connectivity index (χ2n) is 3.26. The molecule has 0 saturated carbocycles. The Balaban J connectivity index is 1.93. The molecule has 3 heterocycles. The van der Waals surface area contributed by atoms with Crippen molar-refractivity contribution in [3.8, 4) is 0 Å². The molecule has 0 aliphatic carbocycles. The summed E-state index contributed by atoms with van der Waals surface area (Å²) in [6.45, 7) is 6.44. The van der Waals surface area contributed by atoms with Crippen LogP contribution in [0.3, 0.4) is 0 Å². The Morgan fingerprint density at radius 1 is 1.50 bits per heavy atom. The van der Waals surface area contributed by atoms with Crippen LogP contribution in [0.1, 0.15) is 6.92 Å². The average molecular weight is 142 g/mol. The second-order valence-corrected chi connectivity index (χ2v) is 3.26. The molecule has 58 valence electrons. The van der Waals surface area contributed by atoms with Gasteiger partial charge in [-0.2, -0.15) is 0 Å². The van der Waals surface area contributed by atoms with Gasteiger partial charge in [-0.3, -0.25) is 9.80 Å². The van der Waals surface area contributed by atoms with E-state index in [9.17, 15) is 5.11 Å². The molecule has 3 atom stereocenters. The average Bonchev–Trinajstić information content (AvgIpc) is 2.04. The van der Waals surface area contributed by atoms with Crippen molar-refractivity contribution in [2.75, 3.05) is 26.3 Å². The van der Waals surface area contributed by atoms with E-state index >= 15 is 0 Å². The highest BCUT2D eigenvalue weighted by molar-refractivity contribution is 4.90. The number of nitrogens with zero attached hydrogens (tertiary/aromatic N) is 2. The maximum atomic E-state index is 9.34. The highest BCUT2D eigenvalue weighted by atomic mass is 16.3. The lowest BCUT2D eigenvalue weighted by Crippen LogP contribution is -2.67. The summed E-state index contributed by atoms with van der Waals surface area (Å²) in [5.74, 6) is 0.536. The van der Waals surface area contributed by atoms with Crippen LogP contribution in [0.25, 0.3) is 0 Å². The van der Waals surface area contributed by atoms with Gasteiger partial charge in [-0.05, 0) is 6.54 Å². The highest BCUT2D eigenvalue weighted by Crippen LogP contribution is 2.28. The molecule has 0 radical (unpaired) electrons. The van der Waals surface area contributed by atoms with Gasteiger partial charge in [-0.15, -0.1) is 0 Å². The summed E-state index contributed by atoms with van der Waals surface area (Å²) in [6, 6.07) is 0. The van der Waals surface area contributed by atoms with E-state index in [1.807, 2.05) is 0 Å². The molecular weight excluding hydrogens is 128 g/mol. The van der Waals surface area contributed by atoms with Crippen LogP contribution in [0.2, 0.25) is 0 Å². The Labute approximate surface area is 61.2 Å². The van der Waals surface area contributed by atoms with E-state index in [-0.39, 0.29) is 6.23 Å². The number of hydrogen-bond donors (Lipinski definition) is 1. The van der Waals surface area contributed by atoms with Gasteiger partial charge in [-0.1, -0.05) is 6.92 Å². The summed E-state index contributed by atoms with van der Waals surface area (Å²) >= 11 is 0. The maximum absolute atomic E-state index is 9.34. The molecule has 0 amide bonds. The Morgan fingerprint density at radius 2 is 2.30 bits per heavy atom. The Kier molecular flexibility index (Phi) is 1.44. The van der Waals surface area contributed by atoms with E-state index in [1.165, 1.54) is 0 Å². The molecule has 3 heteroatoms. The third-order valence-electron chi connectivity index (χ3n) is 2.59. The number of aliphatic hydroxyl groups excluding tert-OH is 1. The molecule has 3 saturated heterocycles. The molecule has 0 aromatic carbocycles. The molecule has 0 spiro atoms. The summed E-state index contributed by atoms with van der Waals surface area (Å²) in [5, 5.41) is 9.34. The van der Waals surface area contributed by atoms with Crippen molar-refractivity contribution in [3.05, 3.63) is 0 Å². The standard InChI is InChI=1S/C7H14N2O/c1-2-8-3-6-4-9(5-8)7(6)10/h6-7,10H,2-5H2,1H3. The van der Waals surface area contributed by atoms with E-state index in [0.717, 1.165) is 26.3 Å². The van der Waals surface area contributed by atoms with Gasteiger partial charge in [0.1, 0.15) is 6.23 Å². The fourth-order valence-corrected chi connectivity index (χ4v) is 1.83. The lowest BCUT2D eigenvalue weighted by Gasteiger charge is -2.53. The predicted molar refractivity (Wildman–Crippen MR) is 38.3 cm³/mol. The largest absolute Gasteiger partial charge is 0.378 e. The first-order chi connectivity index (χ1) is 4.81. The Morgan fingerprint density at radius 3 is 2.70 bits per heavy atom. The molecule has 1 N–H and O–H groups in total. The zero-order valence-corrected chi connectivity index (χ0v) is 6.32. The summed E-state index contributed by atoms with van der Waals surface area (Å²) in [4.78, 5) is 4.47. The molecule has 2 bridgehead atoms. The Bertz CT molecular complexity index is 128. The smallest absolute Gasteiger partial charge is 0.113 e. The van der Waals surface area contributed by atoms with Crippen molar-refractivity contribution in [2.45, 2.75) is 13.2 Å². The highest BCUT2D eigenvalue weighted by Gasteiger charge is 2.42. The van der Waals surface area contributed by atoms with Crippen molar-refractivity contribution < 1.29 is 5.11 Å². The minimum atomic E-state index is -0.122. The SMILES string of the molecule is CCN1CC2CN(C1)C2O. The fraction of sp³-hybridized carbons (Fsp3) is 1.00. The van der Waals surface area contributed by atoms with Gasteiger partial charge in [0.2, 0.25) is 0 Å². The minimum absolute atomic E-state index is 0.122. The number of hydrogen-bond acceptors (Lipinski definition) is 3. The molecule has 0 aromatic rings. The second kappa shape index (κ2) is 2.19. The summed E-state index contributed by atoms with van der Waals surface area (Å²) in [6.07, 6.45) is -0.122. The van der Waals surface area contributed by atoms with Crippen molar-refractivity contribution in [3.63, 3.8) is 0 Å². The monoisotopic (exact) mass is 142 g/mol. The van der Waals surface area contributed by atoms with Crippen LogP contribution >= 0.6 is 0 Å². The number of aliphatic hydroxyl groups is 1. The van der Waals surface area contributed by atoms with E-state index in [1.54, 1.807) is 0 Å². The zero-order chi connectivity index (χ0) is 7.14. The van der Waals surface area contributed by atoms with Crippen molar-refractivity contribution >= 4 is 0 Å². The van der Waals surface area contributed by atoms with Crippen LogP contribution < -0.4 is 0 Å². The van der Waals surface area contributed by atoms with Gasteiger partial charge in [0.25, 0.3) is 0 Å². The van der Waals surface area contributed by atoms with Crippen LogP contribution in [0, 0.1) is 5.92 Å². The maximum Gasteiger partial charge on any atom is 0.113 e. The van der Waals surface area contributed by atoms with Crippen LogP contribution in [0.5, 0.6) is 0 Å². The number of fused-ring (bicyclic) bond motifs is 2. The molecule has 3 nitrogen and oxygen atoms in total. The predicted octanol–water partition coefficient (Wildman–Crippen LogP) is -0.470. The van der Waals surface area contributed by atoms with Gasteiger partial charge in [0.05, 0.1) is 6.67 Å². The third kappa shape index (κ3) is 0.779. The van der Waals surface area contributed by atoms with Crippen LogP contribution in [-0.2, 0) is 0 Å². The van der Waals surface area contributed by atoms with E-state index in [2.05, 4.69) is 16.7 Å². The first kappa shape index (κ1) is 6.58. The van der Waals surface area contributed by atoms with Gasteiger partial charge in [-0.25, -0.2) is 0 Å². The van der Waals surface area contributed by atoms with Crippen LogP contribution in [0.4, 0.5) is 0 Å². The van der Waals surface area contributed by atoms with E-state index in [4.69, 9.17) is 0 Å². The lowest BCUT2D eigenvalue weighted by molar-refractivity contribution is -0.193. The molecule has 3 aliphatic rings. The van der Waals surface area contributed by atoms with Crippen molar-refractivity contribution in [1.82, 2.24) is 9.80 Å². The van der Waals surface area contributed by atoms with E-state index < -0.39 is 0 Å². The van der Waals surface area contributed by atoms with Crippen molar-refractivity contribution in [2.24, 2.45) is 5.92 Å². The lowest BCUT2D eigenvalue weighted by atomic mass is 9.94. The van der Waals surface area contributed by atoms with Gasteiger partial charge in [0.15, 0.2) is 0 Å². The van der Waals surface area contributed by atoms with E-state index in [0.29, 0.717) is 5.92 Å². The summed E-state index contributed by atoms with van der Waals surface area (Å²) < 4.78 is 0. The quantitative estimate of drug-likeness (QED) is 0.536. The molecular formula is C7H14N2O. The molecule has 3 fully saturated rings. The summed E-state index contributed by atoms with van der Waals surface area (Å²) in [5.41, 5.74) is 0.